The Morgan fingerprint density at radius 2 is 1.79 bits per heavy atom. The number of rotatable bonds is 5. The predicted molar refractivity (Wildman–Crippen MR) is 145 cm³/mol. The normalized spacial score (nSPS) is 17.5. The van der Waals surface area contributed by atoms with E-state index in [0.29, 0.717) is 19.6 Å². The summed E-state index contributed by atoms with van der Waals surface area (Å²) in [6.07, 6.45) is 1.30. The summed E-state index contributed by atoms with van der Waals surface area (Å²) in [4.78, 5) is 26.0. The fourth-order valence-electron chi connectivity index (χ4n) is 5.22. The van der Waals surface area contributed by atoms with Crippen molar-refractivity contribution < 1.29 is 19.0 Å². The smallest absolute Gasteiger partial charge is 0.449 e. The molecule has 0 spiro atoms. The molecule has 2 heterocycles. The third-order valence-corrected chi connectivity index (χ3v) is 7.49. The molecule has 1 saturated heterocycles. The highest BCUT2D eigenvalue weighted by Crippen LogP contribution is 2.42. The Kier molecular flexibility index (Phi) is 6.29. The highest BCUT2D eigenvalue weighted by Gasteiger charge is 2.31. The van der Waals surface area contributed by atoms with E-state index in [1.54, 1.807) is 4.57 Å². The van der Waals surface area contributed by atoms with Crippen LogP contribution in [0.5, 0.6) is 5.75 Å². The van der Waals surface area contributed by atoms with Crippen molar-refractivity contribution in [3.63, 3.8) is 0 Å². The van der Waals surface area contributed by atoms with Crippen molar-refractivity contribution in [3.8, 4) is 16.9 Å². The molecular weight excluding hydrogens is 509 g/mol. The second kappa shape index (κ2) is 9.78. The maximum absolute atomic E-state index is 16.2. The number of hydrogen-bond acceptors (Lipinski definition) is 5. The van der Waals surface area contributed by atoms with Crippen LogP contribution in [0.4, 0.5) is 14.9 Å². The van der Waals surface area contributed by atoms with Crippen molar-refractivity contribution in [2.24, 2.45) is 0 Å². The Morgan fingerprint density at radius 1 is 1.08 bits per heavy atom. The van der Waals surface area contributed by atoms with Crippen LogP contribution >= 0.6 is 11.6 Å². The van der Waals surface area contributed by atoms with Crippen molar-refractivity contribution in [2.45, 2.75) is 24.9 Å². The summed E-state index contributed by atoms with van der Waals surface area (Å²) in [5.41, 5.74) is 3.00. The maximum atomic E-state index is 16.2. The number of carbonyl (C=O) groups is 1. The van der Waals surface area contributed by atoms with Crippen LogP contribution in [-0.2, 0) is 0 Å². The Hall–Kier alpha value is -3.88. The topological polar surface area (TPSA) is 83.8 Å². The number of nitrogens with zero attached hydrogens (tertiary/aromatic N) is 2. The van der Waals surface area contributed by atoms with Gasteiger partial charge in [0.05, 0.1) is 27.8 Å². The van der Waals surface area contributed by atoms with Gasteiger partial charge in [-0.15, -0.1) is 0 Å². The van der Waals surface area contributed by atoms with Gasteiger partial charge in [-0.3, -0.25) is 4.79 Å². The predicted octanol–water partition coefficient (Wildman–Crippen LogP) is 6.00. The Bertz CT molecular complexity index is 1590. The number of halogens is 2. The molecule has 1 aromatic heterocycles. The highest BCUT2D eigenvalue weighted by molar-refractivity contribution is 6.34. The van der Waals surface area contributed by atoms with Crippen molar-refractivity contribution in [3.05, 3.63) is 93.5 Å². The molecule has 38 heavy (non-hydrogen) atoms. The summed E-state index contributed by atoms with van der Waals surface area (Å²) in [5, 5.41) is 12.7. The highest BCUT2D eigenvalue weighted by atomic mass is 35.5. The van der Waals surface area contributed by atoms with Crippen LogP contribution < -0.4 is 20.4 Å². The minimum absolute atomic E-state index is 0.00471. The Labute approximate surface area is 223 Å². The molecule has 0 radical (unpaired) electrons. The minimum Gasteiger partial charge on any atom is -0.449 e. The lowest BCUT2D eigenvalue weighted by molar-refractivity contribution is 0.143. The van der Waals surface area contributed by atoms with Crippen LogP contribution in [0.2, 0.25) is 5.02 Å². The summed E-state index contributed by atoms with van der Waals surface area (Å²) in [5.74, 6) is -0.945. The number of piperazine rings is 1. The molecule has 1 atom stereocenters. The molecule has 0 bridgehead atoms. The SMILES string of the molecule is O=C(O)Oc1cn(C2CC2)c2c(F)c(N3CCNC(c4ccc(-c5ccccc5)cc4)C3)c(Cl)cc2c1=O. The van der Waals surface area contributed by atoms with Crippen molar-refractivity contribution in [1.29, 1.82) is 0 Å². The van der Waals surface area contributed by atoms with Crippen molar-refractivity contribution >= 4 is 34.3 Å². The van der Waals surface area contributed by atoms with Crippen LogP contribution in [0.15, 0.2) is 71.7 Å². The second-order valence-electron chi connectivity index (χ2n) is 9.69. The first-order valence-electron chi connectivity index (χ1n) is 12.5. The molecule has 194 valence electrons. The number of nitrogens with one attached hydrogen (secondary N) is 1. The molecule has 2 aliphatic rings. The van der Waals surface area contributed by atoms with Gasteiger partial charge in [0, 0.05) is 31.7 Å². The largest absolute Gasteiger partial charge is 0.511 e. The Morgan fingerprint density at radius 3 is 2.47 bits per heavy atom. The molecule has 1 saturated carbocycles. The van der Waals surface area contributed by atoms with Gasteiger partial charge in [-0.1, -0.05) is 66.2 Å². The third-order valence-electron chi connectivity index (χ3n) is 7.20. The van der Waals surface area contributed by atoms with Gasteiger partial charge in [-0.2, -0.15) is 0 Å². The zero-order valence-electron chi connectivity index (χ0n) is 20.4. The van der Waals surface area contributed by atoms with E-state index in [1.165, 1.54) is 12.3 Å². The summed E-state index contributed by atoms with van der Waals surface area (Å²) < 4.78 is 22.6. The van der Waals surface area contributed by atoms with Gasteiger partial charge in [-0.05, 0) is 35.6 Å². The van der Waals surface area contributed by atoms with Gasteiger partial charge in [0.2, 0.25) is 5.43 Å². The van der Waals surface area contributed by atoms with Crippen LogP contribution in [0.3, 0.4) is 0 Å². The molecule has 4 aromatic rings. The van der Waals surface area contributed by atoms with E-state index in [4.69, 9.17) is 21.4 Å². The molecule has 0 amide bonds. The number of benzene rings is 3. The third kappa shape index (κ3) is 4.50. The van der Waals surface area contributed by atoms with Crippen LogP contribution in [0.25, 0.3) is 22.0 Å². The Balaban J connectivity index is 1.35. The summed E-state index contributed by atoms with van der Waals surface area (Å²) in [6.45, 7) is 1.65. The average Bonchev–Trinajstić information content (AvgIpc) is 3.77. The summed E-state index contributed by atoms with van der Waals surface area (Å²) in [7, 11) is 0. The first-order valence-corrected chi connectivity index (χ1v) is 12.9. The van der Waals surface area contributed by atoms with Crippen molar-refractivity contribution in [1.82, 2.24) is 9.88 Å². The zero-order chi connectivity index (χ0) is 26.4. The van der Waals surface area contributed by atoms with E-state index in [9.17, 15) is 9.59 Å². The molecule has 1 unspecified atom stereocenters. The number of carboxylic acid groups (broad SMARTS) is 1. The van der Waals surface area contributed by atoms with Gasteiger partial charge >= 0.3 is 6.16 Å². The monoisotopic (exact) mass is 533 g/mol. The van der Waals surface area contributed by atoms with Crippen LogP contribution in [-0.4, -0.2) is 35.5 Å². The van der Waals surface area contributed by atoms with E-state index in [2.05, 4.69) is 41.7 Å². The molecule has 1 aliphatic carbocycles. The van der Waals surface area contributed by atoms with Gasteiger partial charge in [-0.25, -0.2) is 9.18 Å². The number of pyridine rings is 1. The molecule has 9 heteroatoms. The van der Waals surface area contributed by atoms with Crippen LogP contribution in [0, 0.1) is 5.82 Å². The number of aromatic nitrogens is 1. The molecule has 7 nitrogen and oxygen atoms in total. The zero-order valence-corrected chi connectivity index (χ0v) is 21.1. The molecular formula is C29H25ClFN3O4. The van der Waals surface area contributed by atoms with Crippen LogP contribution in [0.1, 0.15) is 30.5 Å². The van der Waals surface area contributed by atoms with E-state index < -0.39 is 17.4 Å². The standard InChI is InChI=1S/C29H25ClFN3O4/c30-22-14-21-26(34(20-10-11-20)16-24(28(21)35)38-29(36)37)25(31)27(22)33-13-12-32-23(15-33)19-8-6-18(7-9-19)17-4-2-1-3-5-17/h1-9,14,16,20,23,32H,10-13,15H2,(H,36,37). The maximum Gasteiger partial charge on any atom is 0.511 e. The van der Waals surface area contributed by atoms with E-state index in [0.717, 1.165) is 29.5 Å². The second-order valence-corrected chi connectivity index (χ2v) is 10.1. The lowest BCUT2D eigenvalue weighted by Crippen LogP contribution is -2.46. The van der Waals surface area contributed by atoms with Gasteiger partial charge in [0.1, 0.15) is 0 Å². The molecule has 2 N–H and O–H groups in total. The van der Waals surface area contributed by atoms with Gasteiger partial charge in [0.25, 0.3) is 0 Å². The van der Waals surface area contributed by atoms with E-state index in [1.807, 2.05) is 23.1 Å². The number of hydrogen-bond donors (Lipinski definition) is 2. The quantitative estimate of drug-likeness (QED) is 0.306. The fraction of sp³-hybridized carbons (Fsp3) is 0.241. The van der Waals surface area contributed by atoms with Gasteiger partial charge < -0.3 is 24.6 Å². The number of anilines is 1. The molecule has 1 aliphatic heterocycles. The first kappa shape index (κ1) is 24.5. The number of fused-ring (bicyclic) bond motifs is 1. The number of ether oxygens (including phenoxy) is 1. The van der Waals surface area contributed by atoms with E-state index in [-0.39, 0.29) is 39.4 Å². The molecule has 2 fully saturated rings. The fourth-order valence-corrected chi connectivity index (χ4v) is 5.53. The van der Waals surface area contributed by atoms with Crippen molar-refractivity contribution in [2.75, 3.05) is 24.5 Å². The first-order chi connectivity index (χ1) is 18.4. The summed E-state index contributed by atoms with van der Waals surface area (Å²) >= 11 is 6.59. The lowest BCUT2D eigenvalue weighted by atomic mass is 9.99. The lowest BCUT2D eigenvalue weighted by Gasteiger charge is -2.36. The minimum atomic E-state index is -1.60. The molecule has 3 aromatic carbocycles. The average molecular weight is 534 g/mol. The summed E-state index contributed by atoms with van der Waals surface area (Å²) in [6, 6.07) is 19.8. The molecule has 6 rings (SSSR count). The van der Waals surface area contributed by atoms with E-state index >= 15 is 4.39 Å². The van der Waals surface area contributed by atoms with Gasteiger partial charge in [0.15, 0.2) is 11.6 Å².